The minimum Gasteiger partial charge on any atom is -0.494 e. The quantitative estimate of drug-likeness (QED) is 0.192. The average Bonchev–Trinajstić information content (AvgIpc) is 2.75. The van der Waals surface area contributed by atoms with Crippen LogP contribution in [0.2, 0.25) is 0 Å². The van der Waals surface area contributed by atoms with Crippen LogP contribution in [0.4, 0.5) is 5.69 Å². The number of esters is 2. The van der Waals surface area contributed by atoms with Crippen LogP contribution in [-0.4, -0.2) is 23.5 Å². The second kappa shape index (κ2) is 11.8. The topological polar surface area (TPSA) is 105 Å². The fourth-order valence-electron chi connectivity index (χ4n) is 2.24. The Balaban J connectivity index is 1.69. The molecular weight excluding hydrogens is 390 g/mol. The van der Waals surface area contributed by atoms with Gasteiger partial charge in [-0.2, -0.15) is 0 Å². The lowest BCUT2D eigenvalue weighted by molar-refractivity contribution is -0.384. The van der Waals surface area contributed by atoms with E-state index in [0.717, 1.165) is 17.4 Å². The van der Waals surface area contributed by atoms with Crippen molar-refractivity contribution in [3.05, 3.63) is 94.1 Å². The van der Waals surface area contributed by atoms with Crippen molar-refractivity contribution in [1.82, 2.24) is 0 Å². The van der Waals surface area contributed by atoms with E-state index in [9.17, 15) is 19.7 Å². The summed E-state index contributed by atoms with van der Waals surface area (Å²) in [4.78, 5) is 33.4. The Labute approximate surface area is 173 Å². The Hall–Kier alpha value is -3.94. The van der Waals surface area contributed by atoms with E-state index in [4.69, 9.17) is 14.2 Å². The molecule has 0 spiro atoms. The molecule has 0 aliphatic rings. The molecule has 0 fully saturated rings. The monoisotopic (exact) mass is 411 g/mol. The zero-order valence-electron chi connectivity index (χ0n) is 16.4. The summed E-state index contributed by atoms with van der Waals surface area (Å²) in [5.74, 6) is -0.411. The highest BCUT2D eigenvalue weighted by Crippen LogP contribution is 2.13. The molecule has 0 N–H and O–H groups in total. The minimum absolute atomic E-state index is 0.0188. The summed E-state index contributed by atoms with van der Waals surface area (Å²) in [6.45, 7) is 2.58. The van der Waals surface area contributed by atoms with Crippen molar-refractivity contribution in [2.24, 2.45) is 0 Å². The maximum atomic E-state index is 11.7. The number of rotatable bonds is 10. The number of carbonyl (C=O) groups is 2. The molecule has 0 radical (unpaired) electrons. The Kier molecular flexibility index (Phi) is 8.79. The highest BCUT2D eigenvalue weighted by molar-refractivity contribution is 5.84. The van der Waals surface area contributed by atoms with E-state index in [-0.39, 0.29) is 18.9 Å². The first-order valence-electron chi connectivity index (χ1n) is 9.11. The smallest absolute Gasteiger partial charge is 0.331 e. The molecule has 30 heavy (non-hydrogen) atoms. The normalized spacial score (nSPS) is 10.8. The van der Waals surface area contributed by atoms with E-state index in [2.05, 4.69) is 0 Å². The van der Waals surface area contributed by atoms with Crippen molar-refractivity contribution >= 4 is 17.6 Å². The fraction of sp³-hybridized carbons (Fsp3) is 0.182. The number of benzene rings is 2. The molecule has 0 aromatic heterocycles. The third-order valence-electron chi connectivity index (χ3n) is 3.72. The van der Waals surface area contributed by atoms with Crippen LogP contribution in [0.15, 0.2) is 72.8 Å². The Morgan fingerprint density at radius 1 is 0.867 bits per heavy atom. The van der Waals surface area contributed by atoms with Gasteiger partial charge >= 0.3 is 11.9 Å². The van der Waals surface area contributed by atoms with E-state index < -0.39 is 16.9 Å². The third-order valence-corrected chi connectivity index (χ3v) is 3.72. The van der Waals surface area contributed by atoms with Crippen LogP contribution in [0, 0.1) is 10.1 Å². The van der Waals surface area contributed by atoms with Crippen molar-refractivity contribution in [2.45, 2.75) is 20.1 Å². The van der Waals surface area contributed by atoms with E-state index in [1.165, 1.54) is 42.5 Å². The van der Waals surface area contributed by atoms with Gasteiger partial charge in [0.15, 0.2) is 0 Å². The molecule has 2 aromatic carbocycles. The number of hydrogen-bond acceptors (Lipinski definition) is 7. The Morgan fingerprint density at radius 2 is 1.33 bits per heavy atom. The number of nitro benzene ring substituents is 1. The number of ether oxygens (including phenoxy) is 3. The SMILES string of the molecule is CCOc1ccc(COC(=O)/C=C/C=C/C(=O)OCc2ccc([N+](=O)[O-])cc2)cc1. The molecule has 0 bridgehead atoms. The van der Waals surface area contributed by atoms with E-state index in [0.29, 0.717) is 12.2 Å². The summed E-state index contributed by atoms with van der Waals surface area (Å²) in [5, 5.41) is 10.6. The number of hydrogen-bond donors (Lipinski definition) is 0. The number of non-ortho nitro benzene ring substituents is 1. The summed E-state index contributed by atoms with van der Waals surface area (Å²) in [6.07, 6.45) is 5.07. The van der Waals surface area contributed by atoms with Crippen LogP contribution in [0.1, 0.15) is 18.1 Å². The van der Waals surface area contributed by atoms with E-state index in [1.54, 1.807) is 12.1 Å². The predicted octanol–water partition coefficient (Wildman–Crippen LogP) is 3.89. The highest BCUT2D eigenvalue weighted by atomic mass is 16.6. The molecule has 8 heteroatoms. The molecule has 0 saturated heterocycles. The first kappa shape index (κ1) is 22.4. The van der Waals surface area contributed by atoms with E-state index >= 15 is 0 Å². The molecule has 0 aliphatic heterocycles. The van der Waals surface area contributed by atoms with Gasteiger partial charge in [-0.05, 0) is 42.3 Å². The molecular formula is C22H21NO7. The van der Waals surface area contributed by atoms with Crippen LogP contribution in [0.25, 0.3) is 0 Å². The van der Waals surface area contributed by atoms with Gasteiger partial charge in [0.25, 0.3) is 5.69 Å². The Morgan fingerprint density at radius 3 is 1.77 bits per heavy atom. The van der Waals surface area contributed by atoms with Crippen LogP contribution >= 0.6 is 0 Å². The average molecular weight is 411 g/mol. The first-order valence-corrected chi connectivity index (χ1v) is 9.11. The lowest BCUT2D eigenvalue weighted by Gasteiger charge is -2.05. The van der Waals surface area contributed by atoms with Gasteiger partial charge < -0.3 is 14.2 Å². The van der Waals surface area contributed by atoms with Gasteiger partial charge in [0.05, 0.1) is 11.5 Å². The zero-order valence-corrected chi connectivity index (χ0v) is 16.4. The van der Waals surface area contributed by atoms with E-state index in [1.807, 2.05) is 19.1 Å². The fourth-order valence-corrected chi connectivity index (χ4v) is 2.24. The van der Waals surface area contributed by atoms with Gasteiger partial charge in [0.2, 0.25) is 0 Å². The highest BCUT2D eigenvalue weighted by Gasteiger charge is 2.05. The molecule has 156 valence electrons. The number of carbonyl (C=O) groups excluding carboxylic acids is 2. The maximum absolute atomic E-state index is 11.7. The second-order valence-corrected chi connectivity index (χ2v) is 5.93. The van der Waals surface area contributed by atoms with Gasteiger partial charge in [-0.1, -0.05) is 24.3 Å². The molecule has 2 rings (SSSR count). The molecule has 0 heterocycles. The minimum atomic E-state index is -0.610. The van der Waals surface area contributed by atoms with Gasteiger partial charge in [-0.25, -0.2) is 9.59 Å². The van der Waals surface area contributed by atoms with Crippen LogP contribution in [0.3, 0.4) is 0 Å². The van der Waals surface area contributed by atoms with Crippen molar-refractivity contribution < 1.29 is 28.7 Å². The molecule has 0 amide bonds. The molecule has 0 aliphatic carbocycles. The lowest BCUT2D eigenvalue weighted by Crippen LogP contribution is -2.01. The van der Waals surface area contributed by atoms with Crippen LogP contribution < -0.4 is 4.74 Å². The van der Waals surface area contributed by atoms with Crippen LogP contribution in [0.5, 0.6) is 5.75 Å². The summed E-state index contributed by atoms with van der Waals surface area (Å²) in [7, 11) is 0. The lowest BCUT2D eigenvalue weighted by atomic mass is 10.2. The summed E-state index contributed by atoms with van der Waals surface area (Å²) in [6, 6.07) is 12.9. The first-order chi connectivity index (χ1) is 14.5. The molecule has 0 unspecified atom stereocenters. The van der Waals surface area contributed by atoms with Gasteiger partial charge in [0.1, 0.15) is 19.0 Å². The van der Waals surface area contributed by atoms with Crippen molar-refractivity contribution in [2.75, 3.05) is 6.61 Å². The standard InChI is InChI=1S/C22H21NO7/c1-2-28-20-13-9-18(10-14-20)16-30-22(25)6-4-3-5-21(24)29-15-17-7-11-19(12-8-17)23(26)27/h3-14H,2,15-16H2,1H3/b5-3+,6-4+. The summed E-state index contributed by atoms with van der Waals surface area (Å²) in [5.41, 5.74) is 1.41. The molecule has 0 saturated carbocycles. The zero-order chi connectivity index (χ0) is 21.8. The van der Waals surface area contributed by atoms with Crippen molar-refractivity contribution in [3.63, 3.8) is 0 Å². The second-order valence-electron chi connectivity index (χ2n) is 5.93. The number of allylic oxidation sites excluding steroid dienone is 2. The third kappa shape index (κ3) is 7.97. The van der Waals surface area contributed by atoms with Gasteiger partial charge in [-0.15, -0.1) is 0 Å². The largest absolute Gasteiger partial charge is 0.494 e. The predicted molar refractivity (Wildman–Crippen MR) is 109 cm³/mol. The number of nitro groups is 1. The van der Waals surface area contributed by atoms with Crippen LogP contribution in [-0.2, 0) is 32.3 Å². The van der Waals surface area contributed by atoms with Crippen molar-refractivity contribution in [3.8, 4) is 5.75 Å². The van der Waals surface area contributed by atoms with Crippen molar-refractivity contribution in [1.29, 1.82) is 0 Å². The summed E-state index contributed by atoms with van der Waals surface area (Å²) >= 11 is 0. The summed E-state index contributed by atoms with van der Waals surface area (Å²) < 4.78 is 15.5. The van der Waals surface area contributed by atoms with Gasteiger partial charge in [0, 0.05) is 24.3 Å². The molecule has 0 atom stereocenters. The number of nitrogens with zero attached hydrogens (tertiary/aromatic N) is 1. The maximum Gasteiger partial charge on any atom is 0.331 e. The molecule has 2 aromatic rings. The Bertz CT molecular complexity index is 916. The van der Waals surface area contributed by atoms with Gasteiger partial charge in [-0.3, -0.25) is 10.1 Å². The molecule has 8 nitrogen and oxygen atoms in total.